The van der Waals surface area contributed by atoms with Crippen LogP contribution >= 0.6 is 0 Å². The van der Waals surface area contributed by atoms with Crippen molar-refractivity contribution in [3.8, 4) is 0 Å². The van der Waals surface area contributed by atoms with Crippen molar-refractivity contribution >= 4 is 5.97 Å². The van der Waals surface area contributed by atoms with Crippen molar-refractivity contribution in [3.63, 3.8) is 0 Å². The highest BCUT2D eigenvalue weighted by Crippen LogP contribution is 2.38. The van der Waals surface area contributed by atoms with E-state index < -0.39 is 17.0 Å². The van der Waals surface area contributed by atoms with Gasteiger partial charge in [0.1, 0.15) is 5.60 Å². The van der Waals surface area contributed by atoms with Crippen molar-refractivity contribution in [2.24, 2.45) is 5.41 Å². The number of rotatable bonds is 3. The molecule has 0 radical (unpaired) electrons. The molecule has 1 unspecified atom stereocenters. The maximum Gasteiger partial charge on any atom is 0.312 e. The fourth-order valence-corrected chi connectivity index (χ4v) is 1.08. The number of carboxylic acid groups (broad SMARTS) is 1. The first-order valence-corrected chi connectivity index (χ1v) is 4.52. The van der Waals surface area contributed by atoms with Crippen LogP contribution in [0.15, 0.2) is 18.6 Å². The number of aliphatic carboxylic acids is 1. The van der Waals surface area contributed by atoms with Crippen LogP contribution in [-0.2, 0) is 10.4 Å². The normalized spacial score (nSPS) is 15.7. The van der Waals surface area contributed by atoms with Gasteiger partial charge in [-0.2, -0.15) is 0 Å². The van der Waals surface area contributed by atoms with E-state index in [0.29, 0.717) is 0 Å². The Hall–Kier alpha value is -1.49. The zero-order chi connectivity index (χ0) is 11.7. The fourth-order valence-electron chi connectivity index (χ4n) is 1.08. The van der Waals surface area contributed by atoms with Crippen LogP contribution < -0.4 is 0 Å². The summed E-state index contributed by atoms with van der Waals surface area (Å²) >= 11 is 0. The smallest absolute Gasteiger partial charge is 0.312 e. The van der Waals surface area contributed by atoms with Gasteiger partial charge in [0.25, 0.3) is 0 Å². The molecule has 0 aliphatic heterocycles. The Kier molecular flexibility index (Phi) is 2.77. The molecule has 0 amide bonds. The van der Waals surface area contributed by atoms with Crippen LogP contribution in [0.1, 0.15) is 26.5 Å². The molecule has 5 heteroatoms. The molecule has 0 aliphatic rings. The summed E-state index contributed by atoms with van der Waals surface area (Å²) in [6.07, 6.45) is 4.25. The number of aromatic nitrogens is 2. The molecular formula is C10H14N2O3. The van der Waals surface area contributed by atoms with Crippen molar-refractivity contribution in [1.29, 1.82) is 0 Å². The minimum absolute atomic E-state index is 0.248. The summed E-state index contributed by atoms with van der Waals surface area (Å²) in [6, 6.07) is 0. The van der Waals surface area contributed by atoms with Crippen molar-refractivity contribution in [2.45, 2.75) is 26.4 Å². The highest BCUT2D eigenvalue weighted by Gasteiger charge is 2.48. The Morgan fingerprint density at radius 2 is 1.93 bits per heavy atom. The number of hydrogen-bond donors (Lipinski definition) is 2. The van der Waals surface area contributed by atoms with E-state index >= 15 is 0 Å². The predicted octanol–water partition coefficient (Wildman–Crippen LogP) is 0.795. The fraction of sp³-hybridized carbons (Fsp3) is 0.500. The molecule has 0 aliphatic carbocycles. The Morgan fingerprint density at radius 1 is 1.33 bits per heavy atom. The molecule has 0 saturated heterocycles. The quantitative estimate of drug-likeness (QED) is 0.770. The molecule has 82 valence electrons. The lowest BCUT2D eigenvalue weighted by Crippen LogP contribution is -2.45. The summed E-state index contributed by atoms with van der Waals surface area (Å²) in [5.41, 5.74) is -2.65. The zero-order valence-electron chi connectivity index (χ0n) is 8.93. The molecule has 1 aromatic heterocycles. The van der Waals surface area contributed by atoms with Crippen molar-refractivity contribution in [1.82, 2.24) is 9.97 Å². The second-order valence-corrected chi connectivity index (χ2v) is 4.09. The summed E-state index contributed by atoms with van der Waals surface area (Å²) in [6.45, 7) is 4.32. The van der Waals surface area contributed by atoms with Gasteiger partial charge in [0.05, 0.1) is 17.3 Å². The number of nitrogens with zero attached hydrogens (tertiary/aromatic N) is 2. The summed E-state index contributed by atoms with van der Waals surface area (Å²) in [5.74, 6) is -1.09. The second kappa shape index (κ2) is 3.58. The molecule has 0 saturated carbocycles. The monoisotopic (exact) mass is 210 g/mol. The summed E-state index contributed by atoms with van der Waals surface area (Å²) < 4.78 is 0. The molecule has 1 atom stereocenters. The van der Waals surface area contributed by atoms with Crippen LogP contribution in [0.5, 0.6) is 0 Å². The Morgan fingerprint density at radius 3 is 2.33 bits per heavy atom. The molecule has 5 nitrogen and oxygen atoms in total. The summed E-state index contributed by atoms with van der Waals surface area (Å²) in [7, 11) is 0. The molecular weight excluding hydrogens is 196 g/mol. The van der Waals surface area contributed by atoms with Crippen LogP contribution in [0.2, 0.25) is 0 Å². The number of carbonyl (C=O) groups is 1. The number of hydrogen-bond acceptors (Lipinski definition) is 4. The first-order chi connectivity index (χ1) is 6.80. The molecule has 0 spiro atoms. The first-order valence-electron chi connectivity index (χ1n) is 4.52. The third-order valence-corrected chi connectivity index (χ3v) is 2.81. The van der Waals surface area contributed by atoms with Gasteiger partial charge in [-0.15, -0.1) is 0 Å². The standard InChI is InChI=1S/C10H14N2O3/c1-9(2,8(13)14)10(3,15)7-6-11-4-5-12-7/h4-6,15H,1-3H3,(H,13,14). The van der Waals surface area contributed by atoms with Gasteiger partial charge in [0.2, 0.25) is 0 Å². The molecule has 15 heavy (non-hydrogen) atoms. The zero-order valence-corrected chi connectivity index (χ0v) is 8.93. The highest BCUT2D eigenvalue weighted by atomic mass is 16.4. The van der Waals surface area contributed by atoms with Gasteiger partial charge in [0.15, 0.2) is 0 Å². The van der Waals surface area contributed by atoms with E-state index in [1.807, 2.05) is 0 Å². The van der Waals surface area contributed by atoms with E-state index in [1.54, 1.807) is 0 Å². The summed E-state index contributed by atoms with van der Waals surface area (Å²) in [5, 5.41) is 19.2. The number of carboxylic acids is 1. The molecule has 0 aromatic carbocycles. The lowest BCUT2D eigenvalue weighted by molar-refractivity contribution is -0.164. The second-order valence-electron chi connectivity index (χ2n) is 4.09. The van der Waals surface area contributed by atoms with Crippen molar-refractivity contribution in [2.75, 3.05) is 0 Å². The number of aliphatic hydroxyl groups is 1. The van der Waals surface area contributed by atoms with Gasteiger partial charge in [-0.25, -0.2) is 0 Å². The van der Waals surface area contributed by atoms with Crippen molar-refractivity contribution < 1.29 is 15.0 Å². The van der Waals surface area contributed by atoms with Crippen LogP contribution in [0.25, 0.3) is 0 Å². The van der Waals surface area contributed by atoms with E-state index in [4.69, 9.17) is 5.11 Å². The van der Waals surface area contributed by atoms with Crippen molar-refractivity contribution in [3.05, 3.63) is 24.3 Å². The van der Waals surface area contributed by atoms with E-state index in [0.717, 1.165) is 0 Å². The SMILES string of the molecule is CC(C)(C(=O)O)C(C)(O)c1cnccn1. The minimum atomic E-state index is -1.56. The van der Waals surface area contributed by atoms with Crippen LogP contribution in [-0.4, -0.2) is 26.2 Å². The summed E-state index contributed by atoms with van der Waals surface area (Å²) in [4.78, 5) is 18.8. The molecule has 1 aromatic rings. The maximum absolute atomic E-state index is 11.0. The average molecular weight is 210 g/mol. The van der Waals surface area contributed by atoms with Crippen LogP contribution in [0.3, 0.4) is 0 Å². The Balaban J connectivity index is 3.19. The van der Waals surface area contributed by atoms with Gasteiger partial charge in [-0.05, 0) is 20.8 Å². The molecule has 1 rings (SSSR count). The van der Waals surface area contributed by atoms with Gasteiger partial charge in [0, 0.05) is 12.4 Å². The van der Waals surface area contributed by atoms with E-state index in [1.165, 1.54) is 39.4 Å². The maximum atomic E-state index is 11.0. The molecule has 0 fully saturated rings. The van der Waals surface area contributed by atoms with E-state index in [-0.39, 0.29) is 5.69 Å². The largest absolute Gasteiger partial charge is 0.481 e. The van der Waals surface area contributed by atoms with Gasteiger partial charge in [-0.3, -0.25) is 14.8 Å². The third kappa shape index (κ3) is 1.83. The Labute approximate surface area is 87.8 Å². The molecule has 2 N–H and O–H groups in total. The first kappa shape index (κ1) is 11.6. The minimum Gasteiger partial charge on any atom is -0.481 e. The molecule has 0 bridgehead atoms. The van der Waals surface area contributed by atoms with Crippen LogP contribution in [0, 0.1) is 5.41 Å². The topological polar surface area (TPSA) is 83.3 Å². The van der Waals surface area contributed by atoms with E-state index in [2.05, 4.69) is 9.97 Å². The predicted molar refractivity (Wildman–Crippen MR) is 53.0 cm³/mol. The Bertz CT molecular complexity index is 360. The van der Waals surface area contributed by atoms with Gasteiger partial charge in [-0.1, -0.05) is 0 Å². The molecule has 1 heterocycles. The average Bonchev–Trinajstić information content (AvgIpc) is 2.18. The van der Waals surface area contributed by atoms with Gasteiger partial charge >= 0.3 is 5.97 Å². The highest BCUT2D eigenvalue weighted by molar-refractivity contribution is 5.75. The lowest BCUT2D eigenvalue weighted by atomic mass is 9.74. The van der Waals surface area contributed by atoms with Gasteiger partial charge < -0.3 is 10.2 Å². The lowest BCUT2D eigenvalue weighted by Gasteiger charge is -2.35. The third-order valence-electron chi connectivity index (χ3n) is 2.81. The van der Waals surface area contributed by atoms with E-state index in [9.17, 15) is 9.90 Å². The van der Waals surface area contributed by atoms with Crippen LogP contribution in [0.4, 0.5) is 0 Å².